The topological polar surface area (TPSA) is 24.1 Å². The molecule has 0 amide bonds. The Kier molecular flexibility index (Phi) is 11.5. The van der Waals surface area contributed by atoms with Gasteiger partial charge in [0.25, 0.3) is 0 Å². The van der Waals surface area contributed by atoms with E-state index in [0.717, 1.165) is 18.7 Å². The van der Waals surface area contributed by atoms with E-state index < -0.39 is 0 Å². The summed E-state index contributed by atoms with van der Waals surface area (Å²) in [5.41, 5.74) is 0.778. The minimum atomic E-state index is 0.574. The van der Waals surface area contributed by atoms with E-state index in [1.54, 1.807) is 12.1 Å². The molecule has 0 radical (unpaired) electrons. The summed E-state index contributed by atoms with van der Waals surface area (Å²) < 4.78 is 0. The molecule has 0 spiro atoms. The Morgan fingerprint density at radius 3 is 2.17 bits per heavy atom. The van der Waals surface area contributed by atoms with Crippen LogP contribution in [0.3, 0.4) is 0 Å². The summed E-state index contributed by atoms with van der Waals surface area (Å²) in [6.45, 7) is 3.15. The molecule has 1 aromatic carbocycles. The van der Waals surface area contributed by atoms with Crippen molar-refractivity contribution in [1.82, 2.24) is 5.32 Å². The van der Waals surface area contributed by atoms with Crippen molar-refractivity contribution in [2.75, 3.05) is 11.9 Å². The molecule has 130 valence electrons. The van der Waals surface area contributed by atoms with Crippen molar-refractivity contribution in [3.63, 3.8) is 0 Å². The van der Waals surface area contributed by atoms with Gasteiger partial charge in [-0.25, -0.2) is 0 Å². The van der Waals surface area contributed by atoms with Crippen molar-refractivity contribution in [2.24, 2.45) is 0 Å². The second kappa shape index (κ2) is 12.9. The van der Waals surface area contributed by atoms with Crippen LogP contribution in [0.1, 0.15) is 64.7 Å². The molecule has 1 rings (SSSR count). The summed E-state index contributed by atoms with van der Waals surface area (Å²) in [5.74, 6) is 0. The van der Waals surface area contributed by atoms with Crippen molar-refractivity contribution in [3.05, 3.63) is 28.2 Å². The van der Waals surface area contributed by atoms with E-state index in [4.69, 9.17) is 35.4 Å². The fourth-order valence-electron chi connectivity index (χ4n) is 2.39. The predicted molar refractivity (Wildman–Crippen MR) is 108 cm³/mol. The summed E-state index contributed by atoms with van der Waals surface area (Å²) >= 11 is 17.3. The van der Waals surface area contributed by atoms with Gasteiger partial charge in [0.2, 0.25) is 0 Å². The number of unbranched alkanes of at least 4 members (excludes halogenated alkanes) is 8. The Hall–Kier alpha value is -0.510. The predicted octanol–water partition coefficient (Wildman–Crippen LogP) is 6.81. The van der Waals surface area contributed by atoms with Crippen molar-refractivity contribution in [2.45, 2.75) is 64.7 Å². The van der Waals surface area contributed by atoms with Gasteiger partial charge in [-0.05, 0) is 36.8 Å². The molecular weight excluding hydrogens is 347 g/mol. The van der Waals surface area contributed by atoms with E-state index in [9.17, 15) is 0 Å². The minimum Gasteiger partial charge on any atom is -0.362 e. The third kappa shape index (κ3) is 10.1. The Morgan fingerprint density at radius 2 is 1.57 bits per heavy atom. The van der Waals surface area contributed by atoms with Gasteiger partial charge < -0.3 is 10.6 Å². The minimum absolute atomic E-state index is 0.574. The highest BCUT2D eigenvalue weighted by Gasteiger charge is 2.03. The molecule has 0 saturated carbocycles. The molecule has 0 saturated heterocycles. The molecule has 0 aliphatic heterocycles. The lowest BCUT2D eigenvalue weighted by molar-refractivity contribution is 0.563. The molecule has 2 nitrogen and oxygen atoms in total. The number of hydrogen-bond acceptors (Lipinski definition) is 1. The summed E-state index contributed by atoms with van der Waals surface area (Å²) in [6, 6.07) is 5.32. The monoisotopic (exact) mass is 374 g/mol. The number of anilines is 1. The van der Waals surface area contributed by atoms with Gasteiger partial charge in [-0.1, -0.05) is 81.5 Å². The van der Waals surface area contributed by atoms with Crippen LogP contribution in [-0.4, -0.2) is 11.7 Å². The van der Waals surface area contributed by atoms with Gasteiger partial charge in [-0.15, -0.1) is 0 Å². The van der Waals surface area contributed by atoms with Gasteiger partial charge in [-0.2, -0.15) is 0 Å². The fraction of sp³-hybridized carbons (Fsp3) is 0.611. The molecule has 0 aromatic heterocycles. The van der Waals surface area contributed by atoms with Crippen LogP contribution in [0.5, 0.6) is 0 Å². The highest BCUT2D eigenvalue weighted by Crippen LogP contribution is 2.25. The van der Waals surface area contributed by atoms with E-state index in [1.807, 2.05) is 6.07 Å². The first-order valence-corrected chi connectivity index (χ1v) is 9.79. The molecule has 1 aromatic rings. The van der Waals surface area contributed by atoms with Crippen molar-refractivity contribution in [3.8, 4) is 0 Å². The van der Waals surface area contributed by atoms with Crippen LogP contribution in [0.4, 0.5) is 5.69 Å². The Bertz CT molecular complexity index is 466. The summed E-state index contributed by atoms with van der Waals surface area (Å²) in [5, 5.41) is 8.12. The van der Waals surface area contributed by atoms with Crippen molar-refractivity contribution in [1.29, 1.82) is 0 Å². The van der Waals surface area contributed by atoms with Gasteiger partial charge in [0, 0.05) is 11.6 Å². The molecule has 2 N–H and O–H groups in total. The zero-order chi connectivity index (χ0) is 16.9. The zero-order valence-electron chi connectivity index (χ0n) is 14.0. The molecule has 0 bridgehead atoms. The standard InChI is InChI=1S/C18H28Cl2N2S/c1-2-3-4-5-6-7-8-9-10-13-21-18(23)22-17-12-11-15(19)14-16(17)20/h11-12,14H,2-10,13H2,1H3,(H2,21,22,23). The van der Waals surface area contributed by atoms with E-state index in [1.165, 1.54) is 51.4 Å². The molecule has 0 aliphatic rings. The largest absolute Gasteiger partial charge is 0.362 e. The molecule has 0 atom stereocenters. The first kappa shape index (κ1) is 20.5. The molecule has 0 heterocycles. The van der Waals surface area contributed by atoms with Crippen molar-refractivity contribution < 1.29 is 0 Å². The number of rotatable bonds is 11. The Labute approximate surface area is 156 Å². The maximum Gasteiger partial charge on any atom is 0.170 e. The van der Waals surface area contributed by atoms with Gasteiger partial charge >= 0.3 is 0 Å². The van der Waals surface area contributed by atoms with Gasteiger partial charge in [0.1, 0.15) is 0 Å². The third-order valence-corrected chi connectivity index (χ3v) is 4.54. The lowest BCUT2D eigenvalue weighted by Crippen LogP contribution is -2.29. The smallest absolute Gasteiger partial charge is 0.170 e. The van der Waals surface area contributed by atoms with Crippen LogP contribution in [0.2, 0.25) is 10.0 Å². The maximum absolute atomic E-state index is 6.10. The van der Waals surface area contributed by atoms with Crippen LogP contribution in [-0.2, 0) is 0 Å². The normalized spacial score (nSPS) is 10.6. The zero-order valence-corrected chi connectivity index (χ0v) is 16.3. The van der Waals surface area contributed by atoms with E-state index in [0.29, 0.717) is 15.2 Å². The quantitative estimate of drug-likeness (QED) is 0.328. The molecule has 0 fully saturated rings. The SMILES string of the molecule is CCCCCCCCCCCNC(=S)Nc1ccc(Cl)cc1Cl. The van der Waals surface area contributed by atoms with Crippen molar-refractivity contribution >= 4 is 46.2 Å². The molecular formula is C18H28Cl2N2S. The first-order valence-electron chi connectivity index (χ1n) is 8.63. The number of thiocarbonyl (C=S) groups is 1. The average molecular weight is 375 g/mol. The molecule has 0 unspecified atom stereocenters. The maximum atomic E-state index is 6.10. The van der Waals surface area contributed by atoms with Crippen LogP contribution in [0.15, 0.2) is 18.2 Å². The van der Waals surface area contributed by atoms with Crippen LogP contribution in [0.25, 0.3) is 0 Å². The number of benzene rings is 1. The van der Waals surface area contributed by atoms with Crippen LogP contribution >= 0.6 is 35.4 Å². The van der Waals surface area contributed by atoms with Crippen LogP contribution in [0, 0.1) is 0 Å². The second-order valence-corrected chi connectivity index (χ2v) is 7.09. The number of halogens is 2. The summed E-state index contributed by atoms with van der Waals surface area (Å²) in [7, 11) is 0. The van der Waals surface area contributed by atoms with Gasteiger partial charge in [0.15, 0.2) is 5.11 Å². The highest BCUT2D eigenvalue weighted by molar-refractivity contribution is 7.80. The molecule has 0 aliphatic carbocycles. The summed E-state index contributed by atoms with van der Waals surface area (Å²) in [6.07, 6.45) is 11.9. The third-order valence-electron chi connectivity index (χ3n) is 3.75. The summed E-state index contributed by atoms with van der Waals surface area (Å²) in [4.78, 5) is 0. The van der Waals surface area contributed by atoms with E-state index >= 15 is 0 Å². The van der Waals surface area contributed by atoms with Gasteiger partial charge in [0.05, 0.1) is 10.7 Å². The second-order valence-electron chi connectivity index (χ2n) is 5.83. The highest BCUT2D eigenvalue weighted by atomic mass is 35.5. The number of hydrogen-bond donors (Lipinski definition) is 2. The lowest BCUT2D eigenvalue weighted by Gasteiger charge is -2.11. The number of nitrogens with one attached hydrogen (secondary N) is 2. The van der Waals surface area contributed by atoms with Gasteiger partial charge in [-0.3, -0.25) is 0 Å². The Balaban J connectivity index is 2.02. The Morgan fingerprint density at radius 1 is 0.957 bits per heavy atom. The van der Waals surface area contributed by atoms with E-state index in [-0.39, 0.29) is 0 Å². The average Bonchev–Trinajstić information content (AvgIpc) is 2.52. The molecule has 23 heavy (non-hydrogen) atoms. The van der Waals surface area contributed by atoms with E-state index in [2.05, 4.69) is 17.6 Å². The molecule has 5 heteroatoms. The lowest BCUT2D eigenvalue weighted by atomic mass is 10.1. The first-order chi connectivity index (χ1) is 11.1. The van der Waals surface area contributed by atoms with Crippen LogP contribution < -0.4 is 10.6 Å². The fourth-order valence-corrected chi connectivity index (χ4v) is 3.06.